The molecule has 7 rings (SSSR count). The molecule has 1 spiro atoms. The number of fused-ring (bicyclic) bond motifs is 2. The van der Waals surface area contributed by atoms with Gasteiger partial charge in [0.15, 0.2) is 0 Å². The summed E-state index contributed by atoms with van der Waals surface area (Å²) >= 11 is 0. The molecule has 3 amide bonds. The Balaban J connectivity index is 1.33. The van der Waals surface area contributed by atoms with Crippen molar-refractivity contribution in [1.29, 1.82) is 0 Å². The molecule has 0 aromatic heterocycles. The van der Waals surface area contributed by atoms with Gasteiger partial charge in [0.2, 0.25) is 11.8 Å². The zero-order valence-corrected chi connectivity index (χ0v) is 29.1. The first kappa shape index (κ1) is 34.4. The van der Waals surface area contributed by atoms with Crippen LogP contribution in [0.2, 0.25) is 0 Å². The molecule has 8 nitrogen and oxygen atoms in total. The highest BCUT2D eigenvalue weighted by Gasteiger charge is 2.79. The van der Waals surface area contributed by atoms with Crippen molar-refractivity contribution >= 4 is 34.2 Å². The molecule has 3 aliphatic heterocycles. The Bertz CT molecular complexity index is 1950. The molecule has 2 unspecified atom stereocenters. The van der Waals surface area contributed by atoms with Gasteiger partial charge in [-0.25, -0.2) is 0 Å². The summed E-state index contributed by atoms with van der Waals surface area (Å²) in [6, 6.07) is 31.4. The van der Waals surface area contributed by atoms with Crippen LogP contribution in [-0.2, 0) is 32.1 Å². The van der Waals surface area contributed by atoms with Crippen molar-refractivity contribution in [2.45, 2.75) is 56.0 Å². The van der Waals surface area contributed by atoms with Crippen LogP contribution in [0.25, 0.3) is 10.8 Å². The average Bonchev–Trinajstić information content (AvgIpc) is 3.73. The molecule has 1 N–H and O–H groups in total. The number of nitrogens with zero attached hydrogens (tertiary/aromatic N) is 3. The zero-order chi connectivity index (χ0) is 35.8. The van der Waals surface area contributed by atoms with Crippen LogP contribution in [0, 0.1) is 11.8 Å². The number of ether oxygens (including phenoxy) is 1. The lowest BCUT2D eigenvalue weighted by Crippen LogP contribution is -2.59. The number of carbonyl (C=O) groups is 3. The van der Waals surface area contributed by atoms with E-state index in [0.717, 1.165) is 21.9 Å². The molecule has 8 heteroatoms. The van der Waals surface area contributed by atoms with E-state index in [1.807, 2.05) is 110 Å². The Morgan fingerprint density at radius 3 is 2.20 bits per heavy atom. The second kappa shape index (κ2) is 13.9. The van der Waals surface area contributed by atoms with E-state index in [9.17, 15) is 9.90 Å². The molecule has 3 aliphatic rings. The fraction of sp³-hybridized carbons (Fsp3) is 0.326. The van der Waals surface area contributed by atoms with E-state index in [1.165, 1.54) is 0 Å². The predicted octanol–water partition coefficient (Wildman–Crippen LogP) is 5.94. The van der Waals surface area contributed by atoms with Gasteiger partial charge < -0.3 is 24.5 Å². The van der Waals surface area contributed by atoms with Crippen molar-refractivity contribution in [3.05, 3.63) is 140 Å². The maximum Gasteiger partial charge on any atom is 0.253 e. The summed E-state index contributed by atoms with van der Waals surface area (Å²) in [6.45, 7) is 10.3. The highest BCUT2D eigenvalue weighted by Crippen LogP contribution is 2.64. The zero-order valence-electron chi connectivity index (χ0n) is 29.1. The van der Waals surface area contributed by atoms with E-state index in [4.69, 9.17) is 4.74 Å². The largest absolute Gasteiger partial charge is 0.394 e. The first-order valence-corrected chi connectivity index (χ1v) is 17.8. The van der Waals surface area contributed by atoms with Crippen molar-refractivity contribution in [2.24, 2.45) is 11.8 Å². The molecule has 0 radical (unpaired) electrons. The monoisotopic (exact) mass is 683 g/mol. The first-order chi connectivity index (χ1) is 24.7. The molecule has 262 valence electrons. The number of hydrogen-bond acceptors (Lipinski definition) is 5. The predicted molar refractivity (Wildman–Crippen MR) is 199 cm³/mol. The molecule has 4 aromatic rings. The number of aliphatic hydroxyl groups excluding tert-OH is 1. The molecule has 6 atom stereocenters. The van der Waals surface area contributed by atoms with Crippen LogP contribution in [0.3, 0.4) is 0 Å². The molecule has 3 heterocycles. The summed E-state index contributed by atoms with van der Waals surface area (Å²) in [5.74, 6) is -2.59. The van der Waals surface area contributed by atoms with E-state index in [2.05, 4.69) is 13.2 Å². The Kier molecular flexibility index (Phi) is 9.40. The van der Waals surface area contributed by atoms with Crippen molar-refractivity contribution in [2.75, 3.05) is 24.6 Å². The third-order valence-electron chi connectivity index (χ3n) is 11.1. The minimum atomic E-state index is -1.27. The van der Waals surface area contributed by atoms with E-state index in [-0.39, 0.29) is 30.9 Å². The van der Waals surface area contributed by atoms with E-state index in [0.29, 0.717) is 38.0 Å². The Morgan fingerprint density at radius 1 is 0.882 bits per heavy atom. The second-order valence-electron chi connectivity index (χ2n) is 14.3. The summed E-state index contributed by atoms with van der Waals surface area (Å²) in [5.41, 5.74) is 0.324. The Hall–Kier alpha value is -5.05. The lowest BCUT2D eigenvalue weighted by Gasteiger charge is -2.39. The number of likely N-dealkylation sites (tertiary alicyclic amines) is 1. The van der Waals surface area contributed by atoms with Gasteiger partial charge in [0.05, 0.1) is 30.1 Å². The minimum absolute atomic E-state index is 0.197. The van der Waals surface area contributed by atoms with Gasteiger partial charge in [-0.05, 0) is 60.2 Å². The van der Waals surface area contributed by atoms with Crippen LogP contribution in [-0.4, -0.2) is 75.6 Å². The first-order valence-electron chi connectivity index (χ1n) is 17.8. The number of hydrogen-bond donors (Lipinski definition) is 1. The van der Waals surface area contributed by atoms with Crippen LogP contribution in [0.5, 0.6) is 0 Å². The number of benzene rings is 4. The number of amides is 3. The quantitative estimate of drug-likeness (QED) is 0.176. The number of carbonyl (C=O) groups excluding carboxylic acids is 3. The van der Waals surface area contributed by atoms with Crippen molar-refractivity contribution in [3.8, 4) is 0 Å². The van der Waals surface area contributed by atoms with Gasteiger partial charge in [-0.15, -0.1) is 13.2 Å². The Morgan fingerprint density at radius 2 is 1.53 bits per heavy atom. The fourth-order valence-electron chi connectivity index (χ4n) is 8.88. The topological polar surface area (TPSA) is 90.4 Å². The molecule has 3 saturated heterocycles. The molecule has 4 aromatic carbocycles. The van der Waals surface area contributed by atoms with Crippen LogP contribution >= 0.6 is 0 Å². The number of anilines is 1. The van der Waals surface area contributed by atoms with Crippen LogP contribution in [0.15, 0.2) is 128 Å². The standard InChI is InChI=1S/C43H45N3O5/c1-4-24-44(28-31-16-10-7-11-17-31)39(48)36-37-40(49)46(35(29-47)26-30-14-8-6-9-15-30)38(43(37)23-22-42(36,3)51-43)41(50)45(25-5-2)34-21-20-32-18-12-13-19-33(32)27-34/h4-21,27,35-38,47H,1-2,22-26,28-29H2,3H3/t35-,36-,37+,38?,42+,43?/m1/s1. The van der Waals surface area contributed by atoms with Gasteiger partial charge >= 0.3 is 0 Å². The summed E-state index contributed by atoms with van der Waals surface area (Å²) in [5, 5.41) is 13.0. The summed E-state index contributed by atoms with van der Waals surface area (Å²) in [7, 11) is 0. The summed E-state index contributed by atoms with van der Waals surface area (Å²) < 4.78 is 7.01. The third-order valence-corrected chi connectivity index (χ3v) is 11.1. The Labute approximate surface area is 299 Å². The van der Waals surface area contributed by atoms with Gasteiger partial charge in [-0.2, -0.15) is 0 Å². The maximum atomic E-state index is 15.3. The summed E-state index contributed by atoms with van der Waals surface area (Å²) in [4.78, 5) is 50.2. The molecular formula is C43H45N3O5. The molecule has 2 bridgehead atoms. The summed E-state index contributed by atoms with van der Waals surface area (Å²) in [6.07, 6.45) is 4.64. The van der Waals surface area contributed by atoms with E-state index < -0.39 is 35.1 Å². The highest BCUT2D eigenvalue weighted by molar-refractivity contribution is 6.06. The van der Waals surface area contributed by atoms with Crippen molar-refractivity contribution in [1.82, 2.24) is 9.80 Å². The van der Waals surface area contributed by atoms with Crippen LogP contribution in [0.4, 0.5) is 5.69 Å². The van der Waals surface area contributed by atoms with Crippen LogP contribution < -0.4 is 4.90 Å². The molecule has 3 fully saturated rings. The smallest absolute Gasteiger partial charge is 0.253 e. The lowest BCUT2D eigenvalue weighted by molar-refractivity contribution is -0.152. The van der Waals surface area contributed by atoms with E-state index >= 15 is 9.59 Å². The molecular weight excluding hydrogens is 638 g/mol. The van der Waals surface area contributed by atoms with Gasteiger partial charge in [-0.1, -0.05) is 103 Å². The minimum Gasteiger partial charge on any atom is -0.394 e. The van der Waals surface area contributed by atoms with Gasteiger partial charge in [0.25, 0.3) is 5.91 Å². The number of aliphatic hydroxyl groups is 1. The average molecular weight is 684 g/mol. The molecule has 51 heavy (non-hydrogen) atoms. The third kappa shape index (κ3) is 5.96. The van der Waals surface area contributed by atoms with E-state index in [1.54, 1.807) is 26.9 Å². The lowest BCUT2D eigenvalue weighted by atomic mass is 9.66. The fourth-order valence-corrected chi connectivity index (χ4v) is 8.88. The van der Waals surface area contributed by atoms with Gasteiger partial charge in [0.1, 0.15) is 11.6 Å². The van der Waals surface area contributed by atoms with Crippen molar-refractivity contribution < 1.29 is 24.2 Å². The number of rotatable bonds is 13. The van der Waals surface area contributed by atoms with Gasteiger partial charge in [-0.3, -0.25) is 14.4 Å². The normalized spacial score (nSPS) is 25.4. The maximum absolute atomic E-state index is 15.3. The van der Waals surface area contributed by atoms with Crippen molar-refractivity contribution in [3.63, 3.8) is 0 Å². The second-order valence-corrected chi connectivity index (χ2v) is 14.3. The molecule has 0 aliphatic carbocycles. The highest BCUT2D eigenvalue weighted by atomic mass is 16.5. The SMILES string of the molecule is C=CCN(Cc1ccccc1)C(=O)[C@H]1[C@H]2C(=O)N([C@@H](CO)Cc3ccccc3)C(C(=O)N(CC=C)c3ccc4ccccc4c3)C23CC[C@]1(C)O3. The van der Waals surface area contributed by atoms with Gasteiger partial charge in [0, 0.05) is 25.3 Å². The molecule has 0 saturated carbocycles. The van der Waals surface area contributed by atoms with Crippen LogP contribution in [0.1, 0.15) is 30.9 Å².